The number of alkyl halides is 1. The van der Waals surface area contributed by atoms with Crippen LogP contribution in [0.3, 0.4) is 0 Å². The Kier molecular flexibility index (Phi) is 4.66. The highest BCUT2D eigenvalue weighted by molar-refractivity contribution is 6.17. The molecule has 0 saturated heterocycles. The van der Waals surface area contributed by atoms with E-state index in [1.165, 1.54) is 36.9 Å². The lowest BCUT2D eigenvalue weighted by Gasteiger charge is -2.18. The Morgan fingerprint density at radius 3 is 2.94 bits per heavy atom. The summed E-state index contributed by atoms with van der Waals surface area (Å²) in [4.78, 5) is 7.01. The van der Waals surface area contributed by atoms with Gasteiger partial charge in [-0.3, -0.25) is 0 Å². The number of rotatable bonds is 6. The van der Waals surface area contributed by atoms with Gasteiger partial charge in [0.05, 0.1) is 0 Å². The normalized spacial score (nSPS) is 13.8. The van der Waals surface area contributed by atoms with E-state index in [9.17, 15) is 0 Å². The van der Waals surface area contributed by atoms with Gasteiger partial charge in [0.2, 0.25) is 0 Å². The Bertz CT molecular complexity index is 365. The molecule has 1 aliphatic rings. The molecule has 1 heterocycles. The van der Waals surface area contributed by atoms with E-state index in [2.05, 4.69) is 24.1 Å². The second-order valence-corrected chi connectivity index (χ2v) is 5.18. The predicted molar refractivity (Wildman–Crippen MR) is 74.1 cm³/mol. The van der Waals surface area contributed by atoms with Crippen LogP contribution in [0.2, 0.25) is 0 Å². The first-order valence-corrected chi connectivity index (χ1v) is 7.10. The number of fused-ring (bicyclic) bond motifs is 1. The summed E-state index contributed by atoms with van der Waals surface area (Å²) in [6.45, 7) is 1.07. The highest BCUT2D eigenvalue weighted by Gasteiger charge is 2.13. The molecule has 0 radical (unpaired) electrons. The van der Waals surface area contributed by atoms with E-state index in [1.807, 2.05) is 0 Å². The number of aryl methyl sites for hydroxylation is 2. The van der Waals surface area contributed by atoms with Gasteiger partial charge in [-0.05, 0) is 43.7 Å². The van der Waals surface area contributed by atoms with Gasteiger partial charge >= 0.3 is 0 Å². The molecule has 2 rings (SSSR count). The molecule has 17 heavy (non-hydrogen) atoms. The molecule has 0 aliphatic heterocycles. The van der Waals surface area contributed by atoms with E-state index in [1.54, 1.807) is 0 Å². The van der Waals surface area contributed by atoms with Gasteiger partial charge in [0.25, 0.3) is 0 Å². The molecule has 0 aromatic carbocycles. The van der Waals surface area contributed by atoms with Crippen LogP contribution in [-0.4, -0.2) is 24.5 Å². The Morgan fingerprint density at radius 1 is 1.24 bits per heavy atom. The molecule has 2 nitrogen and oxygen atoms in total. The van der Waals surface area contributed by atoms with Gasteiger partial charge in [-0.25, -0.2) is 4.98 Å². The molecular weight excluding hydrogens is 232 g/mol. The fourth-order valence-electron chi connectivity index (χ4n) is 2.36. The Hall–Kier alpha value is -0.760. The number of hydrogen-bond acceptors (Lipinski definition) is 2. The maximum absolute atomic E-state index is 5.67. The summed E-state index contributed by atoms with van der Waals surface area (Å²) in [6, 6.07) is 4.41. The van der Waals surface area contributed by atoms with E-state index in [0.29, 0.717) is 0 Å². The first kappa shape index (κ1) is 12.7. The van der Waals surface area contributed by atoms with E-state index in [0.717, 1.165) is 31.1 Å². The number of halogens is 1. The van der Waals surface area contributed by atoms with Gasteiger partial charge in [-0.1, -0.05) is 12.5 Å². The van der Waals surface area contributed by atoms with Crippen LogP contribution in [0.4, 0.5) is 5.82 Å². The summed E-state index contributed by atoms with van der Waals surface area (Å²) < 4.78 is 0. The summed E-state index contributed by atoms with van der Waals surface area (Å²) in [5.41, 5.74) is 2.76. The summed E-state index contributed by atoms with van der Waals surface area (Å²) in [7, 11) is 2.13. The maximum Gasteiger partial charge on any atom is 0.128 e. The van der Waals surface area contributed by atoms with Crippen LogP contribution in [0, 0.1) is 0 Å². The van der Waals surface area contributed by atoms with Crippen LogP contribution in [0.1, 0.15) is 36.9 Å². The van der Waals surface area contributed by atoms with Crippen molar-refractivity contribution < 1.29 is 0 Å². The van der Waals surface area contributed by atoms with Crippen LogP contribution in [0.5, 0.6) is 0 Å². The molecule has 0 bridgehead atoms. The summed E-state index contributed by atoms with van der Waals surface area (Å²) in [5, 5.41) is 0. The van der Waals surface area contributed by atoms with Gasteiger partial charge in [-0.2, -0.15) is 0 Å². The minimum Gasteiger partial charge on any atom is -0.360 e. The fraction of sp³-hybridized carbons (Fsp3) is 0.643. The van der Waals surface area contributed by atoms with Gasteiger partial charge < -0.3 is 4.90 Å². The number of anilines is 1. The largest absolute Gasteiger partial charge is 0.360 e. The average molecular weight is 253 g/mol. The Labute approximate surface area is 109 Å². The molecule has 1 aromatic rings. The molecule has 1 aromatic heterocycles. The van der Waals surface area contributed by atoms with E-state index in [4.69, 9.17) is 16.6 Å². The van der Waals surface area contributed by atoms with Crippen molar-refractivity contribution in [3.05, 3.63) is 23.4 Å². The summed E-state index contributed by atoms with van der Waals surface area (Å²) in [6.07, 6.45) is 7.16. The molecular formula is C14H21ClN2. The number of nitrogens with zero attached hydrogens (tertiary/aromatic N) is 2. The predicted octanol–water partition coefficient (Wildman–Crippen LogP) is 3.42. The number of unbranched alkanes of at least 4 members (excludes halogenated alkanes) is 2. The lowest BCUT2D eigenvalue weighted by Crippen LogP contribution is -2.20. The lowest BCUT2D eigenvalue weighted by atomic mass is 10.2. The fourth-order valence-corrected chi connectivity index (χ4v) is 2.55. The minimum atomic E-state index is 0.779. The molecule has 0 spiro atoms. The standard InChI is InChI=1S/C14H21ClN2/c1-17(11-4-2-3-10-15)14-9-8-12-6-5-7-13(12)16-14/h8-9H,2-7,10-11H2,1H3. The first-order valence-electron chi connectivity index (χ1n) is 6.57. The third-order valence-corrected chi connectivity index (χ3v) is 3.70. The Balaban J connectivity index is 1.88. The Morgan fingerprint density at radius 2 is 2.12 bits per heavy atom. The van der Waals surface area contributed by atoms with Crippen molar-refractivity contribution in [2.75, 3.05) is 24.4 Å². The molecule has 0 atom stereocenters. The number of aromatic nitrogens is 1. The van der Waals surface area contributed by atoms with Crippen LogP contribution in [0.25, 0.3) is 0 Å². The SMILES string of the molecule is CN(CCCCCCl)c1ccc2c(n1)CCC2. The minimum absolute atomic E-state index is 0.779. The lowest BCUT2D eigenvalue weighted by molar-refractivity contribution is 0.703. The molecule has 0 N–H and O–H groups in total. The van der Waals surface area contributed by atoms with Crippen molar-refractivity contribution in [1.29, 1.82) is 0 Å². The molecule has 0 unspecified atom stereocenters. The van der Waals surface area contributed by atoms with Crippen LogP contribution in [0.15, 0.2) is 12.1 Å². The third kappa shape index (κ3) is 3.35. The smallest absolute Gasteiger partial charge is 0.128 e. The monoisotopic (exact) mass is 252 g/mol. The van der Waals surface area contributed by atoms with Crippen molar-refractivity contribution >= 4 is 17.4 Å². The summed E-state index contributed by atoms with van der Waals surface area (Å²) in [5.74, 6) is 1.90. The van der Waals surface area contributed by atoms with Crippen molar-refractivity contribution in [1.82, 2.24) is 4.98 Å². The molecule has 3 heteroatoms. The quantitative estimate of drug-likeness (QED) is 0.570. The van der Waals surface area contributed by atoms with Crippen LogP contribution >= 0.6 is 11.6 Å². The first-order chi connectivity index (χ1) is 8.31. The second-order valence-electron chi connectivity index (χ2n) is 4.80. The number of pyridine rings is 1. The zero-order chi connectivity index (χ0) is 12.1. The number of hydrogen-bond donors (Lipinski definition) is 0. The maximum atomic E-state index is 5.67. The van der Waals surface area contributed by atoms with E-state index >= 15 is 0 Å². The summed E-state index contributed by atoms with van der Waals surface area (Å²) >= 11 is 5.67. The zero-order valence-corrected chi connectivity index (χ0v) is 11.3. The molecule has 1 aliphatic carbocycles. The van der Waals surface area contributed by atoms with Gasteiger partial charge in [0, 0.05) is 25.2 Å². The van der Waals surface area contributed by atoms with Crippen molar-refractivity contribution in [2.24, 2.45) is 0 Å². The van der Waals surface area contributed by atoms with Crippen molar-refractivity contribution in [3.8, 4) is 0 Å². The molecule has 0 amide bonds. The van der Waals surface area contributed by atoms with Crippen LogP contribution < -0.4 is 4.90 Å². The third-order valence-electron chi connectivity index (χ3n) is 3.43. The molecule has 0 fully saturated rings. The second kappa shape index (κ2) is 6.25. The van der Waals surface area contributed by atoms with Gasteiger partial charge in [-0.15, -0.1) is 11.6 Å². The van der Waals surface area contributed by atoms with E-state index < -0.39 is 0 Å². The van der Waals surface area contributed by atoms with E-state index in [-0.39, 0.29) is 0 Å². The van der Waals surface area contributed by atoms with Crippen LogP contribution in [-0.2, 0) is 12.8 Å². The highest BCUT2D eigenvalue weighted by Crippen LogP contribution is 2.22. The van der Waals surface area contributed by atoms with Gasteiger partial charge in [0.1, 0.15) is 5.82 Å². The molecule has 0 saturated carbocycles. The highest BCUT2D eigenvalue weighted by atomic mass is 35.5. The zero-order valence-electron chi connectivity index (χ0n) is 10.6. The average Bonchev–Trinajstić information content (AvgIpc) is 2.81. The van der Waals surface area contributed by atoms with Crippen molar-refractivity contribution in [2.45, 2.75) is 38.5 Å². The van der Waals surface area contributed by atoms with Crippen molar-refractivity contribution in [3.63, 3.8) is 0 Å². The van der Waals surface area contributed by atoms with Gasteiger partial charge in [0.15, 0.2) is 0 Å². The molecule has 94 valence electrons. The topological polar surface area (TPSA) is 16.1 Å².